The number of rotatable bonds is 5. The van der Waals surface area contributed by atoms with E-state index in [1.54, 1.807) is 0 Å². The van der Waals surface area contributed by atoms with Crippen molar-refractivity contribution in [2.45, 2.75) is 25.4 Å². The first-order valence-corrected chi connectivity index (χ1v) is 6.29. The average molecular weight is 271 g/mol. The summed E-state index contributed by atoms with van der Waals surface area (Å²) in [5.74, 6) is -0.519. The number of carbonyl (C=O) groups is 1. The van der Waals surface area contributed by atoms with Crippen molar-refractivity contribution in [2.24, 2.45) is 0 Å². The van der Waals surface area contributed by atoms with Gasteiger partial charge in [0.15, 0.2) is 0 Å². The highest BCUT2D eigenvalue weighted by Crippen LogP contribution is 2.21. The smallest absolute Gasteiger partial charge is 0.337 e. The molecule has 0 bridgehead atoms. The number of carboxylic acids is 1. The molecule has 5 nitrogen and oxygen atoms in total. The first kappa shape index (κ1) is 13.1. The Balaban J connectivity index is 1.87. The van der Waals surface area contributed by atoms with Crippen LogP contribution in [-0.2, 0) is 4.74 Å². The van der Waals surface area contributed by atoms with Gasteiger partial charge >= 0.3 is 5.97 Å². The Morgan fingerprint density at radius 3 is 3.11 bits per heavy atom. The van der Waals surface area contributed by atoms with Crippen LogP contribution in [0.5, 0.6) is 0 Å². The summed E-state index contributed by atoms with van der Waals surface area (Å²) < 4.78 is 5.50. The molecule has 1 atom stereocenters. The van der Waals surface area contributed by atoms with Gasteiger partial charge in [0, 0.05) is 19.3 Å². The van der Waals surface area contributed by atoms with Crippen molar-refractivity contribution in [2.75, 3.05) is 18.5 Å². The summed E-state index contributed by atoms with van der Waals surface area (Å²) in [6.07, 6.45) is 4.73. The Hall–Kier alpha value is -1.33. The van der Waals surface area contributed by atoms with E-state index in [1.165, 1.54) is 12.3 Å². The Kier molecular flexibility index (Phi) is 4.38. The van der Waals surface area contributed by atoms with Gasteiger partial charge in [-0.2, -0.15) is 0 Å². The average Bonchev–Trinajstić information content (AvgIpc) is 2.84. The molecule has 1 aromatic heterocycles. The lowest BCUT2D eigenvalue weighted by molar-refractivity contribution is 0.0696. The number of pyridine rings is 1. The van der Waals surface area contributed by atoms with Gasteiger partial charge in [0.1, 0.15) is 5.82 Å². The molecule has 1 saturated heterocycles. The maximum atomic E-state index is 10.7. The summed E-state index contributed by atoms with van der Waals surface area (Å²) in [5, 5.41) is 12.2. The summed E-state index contributed by atoms with van der Waals surface area (Å²) in [7, 11) is 0. The zero-order chi connectivity index (χ0) is 13.0. The Bertz CT molecular complexity index is 433. The molecule has 0 aromatic carbocycles. The fourth-order valence-corrected chi connectivity index (χ4v) is 2.14. The SMILES string of the molecule is O=C(O)c1cnc(NCCC2CCCO2)c(Cl)c1. The summed E-state index contributed by atoms with van der Waals surface area (Å²) in [5.41, 5.74) is 0.0877. The second-order valence-corrected chi connectivity index (χ2v) is 4.62. The predicted molar refractivity (Wildman–Crippen MR) is 68.3 cm³/mol. The first-order chi connectivity index (χ1) is 8.66. The number of hydrogen-bond donors (Lipinski definition) is 2. The van der Waals surface area contributed by atoms with Gasteiger partial charge in [-0.25, -0.2) is 9.78 Å². The van der Waals surface area contributed by atoms with Gasteiger partial charge < -0.3 is 15.2 Å². The van der Waals surface area contributed by atoms with Gasteiger partial charge in [-0.3, -0.25) is 0 Å². The van der Waals surface area contributed by atoms with E-state index in [4.69, 9.17) is 21.4 Å². The maximum Gasteiger partial charge on any atom is 0.337 e. The molecule has 2 heterocycles. The molecule has 18 heavy (non-hydrogen) atoms. The molecule has 1 unspecified atom stereocenters. The van der Waals surface area contributed by atoms with E-state index >= 15 is 0 Å². The molecule has 98 valence electrons. The Labute approximate surface area is 110 Å². The highest BCUT2D eigenvalue weighted by molar-refractivity contribution is 6.33. The van der Waals surface area contributed by atoms with Crippen LogP contribution in [0.2, 0.25) is 5.02 Å². The van der Waals surface area contributed by atoms with E-state index in [0.29, 0.717) is 23.5 Å². The van der Waals surface area contributed by atoms with Crippen molar-refractivity contribution in [1.29, 1.82) is 0 Å². The molecule has 0 amide bonds. The van der Waals surface area contributed by atoms with Crippen molar-refractivity contribution in [3.8, 4) is 0 Å². The third-order valence-corrected chi connectivity index (χ3v) is 3.16. The van der Waals surface area contributed by atoms with E-state index in [2.05, 4.69) is 10.3 Å². The molecule has 0 saturated carbocycles. The number of ether oxygens (including phenoxy) is 1. The molecule has 2 N–H and O–H groups in total. The van der Waals surface area contributed by atoms with Crippen LogP contribution in [0.1, 0.15) is 29.6 Å². The van der Waals surface area contributed by atoms with Crippen LogP contribution >= 0.6 is 11.6 Å². The number of nitrogens with zero attached hydrogens (tertiary/aromatic N) is 1. The lowest BCUT2D eigenvalue weighted by Gasteiger charge is -2.11. The number of nitrogens with one attached hydrogen (secondary N) is 1. The monoisotopic (exact) mass is 270 g/mol. The van der Waals surface area contributed by atoms with Crippen molar-refractivity contribution in [1.82, 2.24) is 4.98 Å². The third-order valence-electron chi connectivity index (χ3n) is 2.87. The number of carboxylic acid groups (broad SMARTS) is 1. The van der Waals surface area contributed by atoms with Crippen LogP contribution < -0.4 is 5.32 Å². The van der Waals surface area contributed by atoms with Crippen molar-refractivity contribution < 1.29 is 14.6 Å². The lowest BCUT2D eigenvalue weighted by atomic mass is 10.2. The number of aromatic carboxylic acids is 1. The summed E-state index contributed by atoms with van der Waals surface area (Å²) >= 11 is 5.95. The molecule has 6 heteroatoms. The van der Waals surface area contributed by atoms with Crippen LogP contribution in [-0.4, -0.2) is 35.3 Å². The van der Waals surface area contributed by atoms with E-state index < -0.39 is 5.97 Å². The largest absolute Gasteiger partial charge is 0.478 e. The molecule has 1 aliphatic heterocycles. The fraction of sp³-hybridized carbons (Fsp3) is 0.500. The first-order valence-electron chi connectivity index (χ1n) is 5.91. The number of halogens is 1. The van der Waals surface area contributed by atoms with Crippen LogP contribution in [0.3, 0.4) is 0 Å². The molecule has 0 radical (unpaired) electrons. The van der Waals surface area contributed by atoms with Crippen LogP contribution in [0.15, 0.2) is 12.3 Å². The maximum absolute atomic E-state index is 10.7. The quantitative estimate of drug-likeness (QED) is 0.860. The van der Waals surface area contributed by atoms with Crippen molar-refractivity contribution >= 4 is 23.4 Å². The molecule has 1 aromatic rings. The Morgan fingerprint density at radius 2 is 2.50 bits per heavy atom. The zero-order valence-electron chi connectivity index (χ0n) is 9.86. The minimum Gasteiger partial charge on any atom is -0.478 e. The Morgan fingerprint density at radius 1 is 1.67 bits per heavy atom. The van der Waals surface area contributed by atoms with Gasteiger partial charge in [0.2, 0.25) is 0 Å². The van der Waals surface area contributed by atoms with E-state index in [-0.39, 0.29) is 5.56 Å². The lowest BCUT2D eigenvalue weighted by Crippen LogP contribution is -2.13. The minimum atomic E-state index is -1.03. The number of anilines is 1. The van der Waals surface area contributed by atoms with Gasteiger partial charge in [-0.05, 0) is 25.3 Å². The second kappa shape index (κ2) is 6.02. The number of aromatic nitrogens is 1. The van der Waals surface area contributed by atoms with E-state index in [0.717, 1.165) is 25.9 Å². The molecule has 1 aliphatic rings. The highest BCUT2D eigenvalue weighted by Gasteiger charge is 2.15. The fourth-order valence-electron chi connectivity index (χ4n) is 1.91. The highest BCUT2D eigenvalue weighted by atomic mass is 35.5. The molecule has 0 spiro atoms. The van der Waals surface area contributed by atoms with Gasteiger partial charge in [-0.1, -0.05) is 11.6 Å². The molecular formula is C12H15ClN2O3. The van der Waals surface area contributed by atoms with Crippen LogP contribution in [0, 0.1) is 0 Å². The van der Waals surface area contributed by atoms with Crippen molar-refractivity contribution in [3.05, 3.63) is 22.8 Å². The molecule has 0 aliphatic carbocycles. The molecule has 2 rings (SSSR count). The molecule has 1 fully saturated rings. The summed E-state index contributed by atoms with van der Waals surface area (Å²) in [6.45, 7) is 1.56. The molecular weight excluding hydrogens is 256 g/mol. The summed E-state index contributed by atoms with van der Waals surface area (Å²) in [4.78, 5) is 14.7. The minimum absolute atomic E-state index is 0.0877. The van der Waals surface area contributed by atoms with Gasteiger partial charge in [0.25, 0.3) is 0 Å². The van der Waals surface area contributed by atoms with Crippen LogP contribution in [0.4, 0.5) is 5.82 Å². The zero-order valence-corrected chi connectivity index (χ0v) is 10.6. The van der Waals surface area contributed by atoms with Gasteiger partial charge in [-0.15, -0.1) is 0 Å². The summed E-state index contributed by atoms with van der Waals surface area (Å²) in [6, 6.07) is 1.39. The second-order valence-electron chi connectivity index (χ2n) is 4.21. The van der Waals surface area contributed by atoms with E-state index in [9.17, 15) is 4.79 Å². The standard InChI is InChI=1S/C12H15ClN2O3/c13-10-6-8(12(16)17)7-15-11(10)14-4-3-9-2-1-5-18-9/h6-7,9H,1-5H2,(H,14,15)(H,16,17). The normalized spacial score (nSPS) is 18.8. The van der Waals surface area contributed by atoms with Gasteiger partial charge in [0.05, 0.1) is 16.7 Å². The predicted octanol–water partition coefficient (Wildman–Crippen LogP) is 2.41. The number of hydrogen-bond acceptors (Lipinski definition) is 4. The third kappa shape index (κ3) is 3.34. The van der Waals surface area contributed by atoms with E-state index in [1.807, 2.05) is 0 Å². The topological polar surface area (TPSA) is 71.5 Å². The van der Waals surface area contributed by atoms with Crippen LogP contribution in [0.25, 0.3) is 0 Å². The van der Waals surface area contributed by atoms with Crippen molar-refractivity contribution in [3.63, 3.8) is 0 Å².